The lowest BCUT2D eigenvalue weighted by Crippen LogP contribution is -2.17. The molecule has 0 aromatic heterocycles. The number of benzene rings is 2. The fraction of sp³-hybridized carbons (Fsp3) is 0.0714. The highest BCUT2D eigenvalue weighted by molar-refractivity contribution is 7.92. The summed E-state index contributed by atoms with van der Waals surface area (Å²) in [7, 11) is -2.86. The molecule has 1 N–H and O–H groups in total. The molecule has 0 aliphatic heterocycles. The van der Waals surface area contributed by atoms with Crippen molar-refractivity contribution in [2.24, 2.45) is 0 Å². The van der Waals surface area contributed by atoms with Crippen LogP contribution in [0.5, 0.6) is 0 Å². The van der Waals surface area contributed by atoms with Crippen LogP contribution in [0.1, 0.15) is 10.4 Å². The summed E-state index contributed by atoms with van der Waals surface area (Å²) < 4.78 is 31.9. The van der Waals surface area contributed by atoms with Crippen molar-refractivity contribution in [3.05, 3.63) is 58.1 Å². The van der Waals surface area contributed by atoms with Crippen molar-refractivity contribution in [1.82, 2.24) is 0 Å². The molecule has 116 valence electrons. The molecule has 0 saturated carbocycles. The zero-order valence-electron chi connectivity index (χ0n) is 11.3. The highest BCUT2D eigenvalue weighted by atomic mass is 35.5. The third-order valence-corrected chi connectivity index (χ3v) is 5.02. The van der Waals surface area contributed by atoms with E-state index in [1.807, 2.05) is 0 Å². The number of halogens is 2. The van der Waals surface area contributed by atoms with E-state index in [0.717, 1.165) is 0 Å². The van der Waals surface area contributed by atoms with E-state index in [1.165, 1.54) is 43.5 Å². The standard InChI is InChI=1S/C14H11Cl2NO4S/c1-21-14(18)9-5-2-3-8-12(9)22(19,20)17-11-7-4-6-10(15)13(11)16/h2-8,17H,1H3. The average Bonchev–Trinajstić information content (AvgIpc) is 2.51. The number of sulfonamides is 1. The molecule has 0 bridgehead atoms. The predicted molar refractivity (Wildman–Crippen MR) is 85.1 cm³/mol. The lowest BCUT2D eigenvalue weighted by Gasteiger charge is -2.12. The van der Waals surface area contributed by atoms with E-state index in [4.69, 9.17) is 23.2 Å². The van der Waals surface area contributed by atoms with Crippen LogP contribution in [0.25, 0.3) is 0 Å². The molecule has 0 spiro atoms. The van der Waals surface area contributed by atoms with E-state index in [0.29, 0.717) is 0 Å². The second kappa shape index (κ2) is 6.56. The van der Waals surface area contributed by atoms with Crippen LogP contribution in [-0.2, 0) is 14.8 Å². The quantitative estimate of drug-likeness (QED) is 0.846. The van der Waals surface area contributed by atoms with E-state index < -0.39 is 16.0 Å². The van der Waals surface area contributed by atoms with E-state index in [1.54, 1.807) is 6.07 Å². The lowest BCUT2D eigenvalue weighted by atomic mass is 10.2. The Bertz CT molecular complexity index is 821. The molecule has 0 radical (unpaired) electrons. The Kier molecular flexibility index (Phi) is 4.95. The molecular formula is C14H11Cl2NO4S. The Morgan fingerprint density at radius 2 is 1.77 bits per heavy atom. The van der Waals surface area contributed by atoms with Crippen molar-refractivity contribution in [2.45, 2.75) is 4.90 Å². The number of hydrogen-bond acceptors (Lipinski definition) is 4. The Morgan fingerprint density at radius 3 is 2.45 bits per heavy atom. The first-order chi connectivity index (χ1) is 10.4. The summed E-state index contributed by atoms with van der Waals surface area (Å²) in [6, 6.07) is 10.3. The van der Waals surface area contributed by atoms with Gasteiger partial charge in [-0.1, -0.05) is 41.4 Å². The number of rotatable bonds is 4. The van der Waals surface area contributed by atoms with Gasteiger partial charge in [0.1, 0.15) is 4.90 Å². The predicted octanol–water partition coefficient (Wildman–Crippen LogP) is 3.58. The smallest absolute Gasteiger partial charge is 0.339 e. The fourth-order valence-corrected chi connectivity index (χ4v) is 3.43. The third kappa shape index (κ3) is 3.35. The number of carbonyl (C=O) groups excluding carboxylic acids is 1. The second-order valence-electron chi connectivity index (χ2n) is 4.19. The zero-order chi connectivity index (χ0) is 16.3. The van der Waals surface area contributed by atoms with Gasteiger partial charge in [0.25, 0.3) is 10.0 Å². The molecule has 0 fully saturated rings. The monoisotopic (exact) mass is 359 g/mol. The van der Waals surface area contributed by atoms with Gasteiger partial charge in [-0.15, -0.1) is 0 Å². The zero-order valence-corrected chi connectivity index (χ0v) is 13.7. The Morgan fingerprint density at radius 1 is 1.09 bits per heavy atom. The fourth-order valence-electron chi connectivity index (χ4n) is 1.76. The number of carbonyl (C=O) groups is 1. The normalized spacial score (nSPS) is 11.0. The van der Waals surface area contributed by atoms with Gasteiger partial charge in [0.2, 0.25) is 0 Å². The third-order valence-electron chi connectivity index (χ3n) is 2.78. The maximum atomic E-state index is 12.5. The van der Waals surface area contributed by atoms with Gasteiger partial charge in [0, 0.05) is 0 Å². The Balaban J connectivity index is 2.48. The van der Waals surface area contributed by atoms with Crippen molar-refractivity contribution in [3.63, 3.8) is 0 Å². The van der Waals surface area contributed by atoms with Crippen molar-refractivity contribution in [3.8, 4) is 0 Å². The van der Waals surface area contributed by atoms with Crippen LogP contribution in [0.4, 0.5) is 5.69 Å². The summed E-state index contributed by atoms with van der Waals surface area (Å²) in [5.74, 6) is -0.752. The maximum absolute atomic E-state index is 12.5. The summed E-state index contributed by atoms with van der Waals surface area (Å²) in [5.41, 5.74) is 0.0458. The Labute approximate surface area is 137 Å². The van der Waals surface area contributed by atoms with Gasteiger partial charge in [0.05, 0.1) is 28.4 Å². The molecule has 0 aliphatic rings. The van der Waals surface area contributed by atoms with Crippen LogP contribution in [0.2, 0.25) is 10.0 Å². The number of nitrogens with one attached hydrogen (secondary N) is 1. The van der Waals surface area contributed by atoms with Gasteiger partial charge >= 0.3 is 5.97 Å². The Hall–Kier alpha value is -1.76. The highest BCUT2D eigenvalue weighted by Gasteiger charge is 2.23. The van der Waals surface area contributed by atoms with Gasteiger partial charge in [-0.25, -0.2) is 13.2 Å². The molecule has 5 nitrogen and oxygen atoms in total. The number of esters is 1. The average molecular weight is 360 g/mol. The number of hydrogen-bond donors (Lipinski definition) is 1. The van der Waals surface area contributed by atoms with Crippen molar-refractivity contribution in [2.75, 3.05) is 11.8 Å². The van der Waals surface area contributed by atoms with Gasteiger partial charge in [-0.2, -0.15) is 0 Å². The van der Waals surface area contributed by atoms with E-state index in [9.17, 15) is 13.2 Å². The molecule has 2 aromatic rings. The summed E-state index contributed by atoms with van der Waals surface area (Å²) in [5, 5.41) is 0.284. The largest absolute Gasteiger partial charge is 0.465 e. The minimum atomic E-state index is -4.03. The second-order valence-corrected chi connectivity index (χ2v) is 6.63. The van der Waals surface area contributed by atoms with Gasteiger partial charge < -0.3 is 4.74 Å². The molecular weight excluding hydrogens is 349 g/mol. The number of methoxy groups -OCH3 is 1. The van der Waals surface area contributed by atoms with Gasteiger partial charge in [-0.05, 0) is 24.3 Å². The summed E-state index contributed by atoms with van der Waals surface area (Å²) in [6.07, 6.45) is 0. The molecule has 0 aliphatic carbocycles. The van der Waals surface area contributed by atoms with E-state index >= 15 is 0 Å². The minimum Gasteiger partial charge on any atom is -0.465 e. The topological polar surface area (TPSA) is 72.5 Å². The van der Waals surface area contributed by atoms with Crippen LogP contribution in [0, 0.1) is 0 Å². The summed E-state index contributed by atoms with van der Waals surface area (Å²) >= 11 is 11.8. The highest BCUT2D eigenvalue weighted by Crippen LogP contribution is 2.31. The number of anilines is 1. The van der Waals surface area contributed by atoms with Crippen LogP contribution >= 0.6 is 23.2 Å². The first-order valence-electron chi connectivity index (χ1n) is 6.01. The molecule has 8 heteroatoms. The molecule has 0 heterocycles. The van der Waals surface area contributed by atoms with E-state index in [-0.39, 0.29) is 26.2 Å². The van der Waals surface area contributed by atoms with E-state index in [2.05, 4.69) is 9.46 Å². The van der Waals surface area contributed by atoms with Gasteiger partial charge in [-0.3, -0.25) is 4.72 Å². The maximum Gasteiger partial charge on any atom is 0.339 e. The van der Waals surface area contributed by atoms with Crippen molar-refractivity contribution >= 4 is 44.9 Å². The number of ether oxygens (including phenoxy) is 1. The lowest BCUT2D eigenvalue weighted by molar-refractivity contribution is 0.0596. The molecule has 2 aromatic carbocycles. The minimum absolute atomic E-state index is 0.0725. The SMILES string of the molecule is COC(=O)c1ccccc1S(=O)(=O)Nc1cccc(Cl)c1Cl. The molecule has 0 saturated heterocycles. The van der Waals surface area contributed by atoms with Crippen LogP contribution in [0.15, 0.2) is 47.4 Å². The van der Waals surface area contributed by atoms with Crippen LogP contribution in [-0.4, -0.2) is 21.5 Å². The van der Waals surface area contributed by atoms with Crippen molar-refractivity contribution < 1.29 is 17.9 Å². The first-order valence-corrected chi connectivity index (χ1v) is 8.25. The molecule has 22 heavy (non-hydrogen) atoms. The first kappa shape index (κ1) is 16.6. The van der Waals surface area contributed by atoms with Gasteiger partial charge in [0.15, 0.2) is 0 Å². The molecule has 0 unspecified atom stereocenters. The summed E-state index contributed by atoms with van der Waals surface area (Å²) in [6.45, 7) is 0. The van der Waals surface area contributed by atoms with Crippen molar-refractivity contribution in [1.29, 1.82) is 0 Å². The van der Waals surface area contributed by atoms with Crippen LogP contribution in [0.3, 0.4) is 0 Å². The van der Waals surface area contributed by atoms with Crippen LogP contribution < -0.4 is 4.72 Å². The summed E-state index contributed by atoms with van der Waals surface area (Å²) in [4.78, 5) is 11.5. The molecule has 0 atom stereocenters. The molecule has 0 amide bonds. The molecule has 2 rings (SSSR count).